The number of fused-ring (bicyclic) bond motifs is 4. The van der Waals surface area contributed by atoms with Crippen molar-refractivity contribution in [3.8, 4) is 11.5 Å². The van der Waals surface area contributed by atoms with Crippen LogP contribution in [0.1, 0.15) is 25.3 Å². The number of rotatable bonds is 1. The first-order valence-corrected chi connectivity index (χ1v) is 11.1. The van der Waals surface area contributed by atoms with Gasteiger partial charge in [-0.25, -0.2) is 0 Å². The van der Waals surface area contributed by atoms with Crippen molar-refractivity contribution in [2.45, 2.75) is 26.2 Å². The van der Waals surface area contributed by atoms with Crippen LogP contribution in [-0.2, 0) is 25.6 Å². The number of Topliss-reactive ketones (excluding diaryl/α,β-unsaturated/α-hetero) is 1. The van der Waals surface area contributed by atoms with Crippen LogP contribution in [-0.4, -0.2) is 28.5 Å². The molecule has 0 radical (unpaired) electrons. The second kappa shape index (κ2) is 6.88. The average Bonchev–Trinajstić information content (AvgIpc) is 3.09. The highest BCUT2D eigenvalue weighted by Gasteiger charge is 2.53. The summed E-state index contributed by atoms with van der Waals surface area (Å²) in [6.45, 7) is 1.64. The number of carbonyl (C=O) groups is 4. The van der Waals surface area contributed by atoms with Gasteiger partial charge in [-0.05, 0) is 55.5 Å². The summed E-state index contributed by atoms with van der Waals surface area (Å²) in [6.07, 6.45) is 6.07. The lowest BCUT2D eigenvalue weighted by Crippen LogP contribution is -2.41. The number of allylic oxidation sites excluding steroid dienone is 7. The molecule has 33 heavy (non-hydrogen) atoms. The van der Waals surface area contributed by atoms with Crippen LogP contribution in [0, 0.1) is 23.7 Å². The largest absolute Gasteiger partial charge is 0.508 e. The third-order valence-corrected chi connectivity index (χ3v) is 7.55. The zero-order valence-electron chi connectivity index (χ0n) is 17.9. The van der Waals surface area contributed by atoms with Gasteiger partial charge in [0.15, 0.2) is 11.6 Å². The lowest BCUT2D eigenvalue weighted by molar-refractivity contribution is -0.126. The van der Waals surface area contributed by atoms with Gasteiger partial charge in [0.2, 0.25) is 11.8 Å². The maximum atomic E-state index is 13.3. The highest BCUT2D eigenvalue weighted by atomic mass is 16.5. The van der Waals surface area contributed by atoms with E-state index < -0.39 is 17.8 Å². The number of amides is 2. The molecule has 4 unspecified atom stereocenters. The topological polar surface area (TPSA) is 110 Å². The van der Waals surface area contributed by atoms with Crippen molar-refractivity contribution < 1.29 is 29.0 Å². The third-order valence-electron chi connectivity index (χ3n) is 7.55. The molecule has 0 bridgehead atoms. The summed E-state index contributed by atoms with van der Waals surface area (Å²) in [5.41, 5.74) is 3.73. The summed E-state index contributed by atoms with van der Waals surface area (Å²) < 4.78 is 5.85. The summed E-state index contributed by atoms with van der Waals surface area (Å²) in [4.78, 5) is 51.4. The minimum atomic E-state index is -0.551. The average molecular weight is 443 g/mol. The fourth-order valence-corrected chi connectivity index (χ4v) is 6.08. The number of phenolic OH excluding ortho intramolecular Hbond substituents is 1. The molecule has 6 rings (SSSR count). The van der Waals surface area contributed by atoms with E-state index in [9.17, 15) is 24.3 Å². The van der Waals surface area contributed by atoms with Crippen molar-refractivity contribution in [3.63, 3.8) is 0 Å². The van der Waals surface area contributed by atoms with Gasteiger partial charge >= 0.3 is 0 Å². The lowest BCUT2D eigenvalue weighted by Gasteiger charge is -2.43. The minimum Gasteiger partial charge on any atom is -0.508 e. The number of aromatic hydroxyl groups is 1. The highest BCUT2D eigenvalue weighted by Crippen LogP contribution is 2.53. The first kappa shape index (κ1) is 19.9. The van der Waals surface area contributed by atoms with Gasteiger partial charge in [0.1, 0.15) is 11.5 Å². The van der Waals surface area contributed by atoms with E-state index in [2.05, 4.69) is 5.32 Å². The normalized spacial score (nSPS) is 30.3. The predicted octanol–water partition coefficient (Wildman–Crippen LogP) is 2.46. The van der Waals surface area contributed by atoms with Crippen LogP contribution in [0.25, 0.3) is 0 Å². The van der Waals surface area contributed by atoms with Gasteiger partial charge in [0, 0.05) is 34.6 Å². The Kier molecular flexibility index (Phi) is 4.15. The van der Waals surface area contributed by atoms with E-state index in [4.69, 9.17) is 4.74 Å². The molecule has 1 saturated heterocycles. The van der Waals surface area contributed by atoms with Gasteiger partial charge in [-0.15, -0.1) is 0 Å². The summed E-state index contributed by atoms with van der Waals surface area (Å²) in [5, 5.41) is 12.4. The number of ketones is 2. The van der Waals surface area contributed by atoms with Crippen LogP contribution in [0.2, 0.25) is 0 Å². The Morgan fingerprint density at radius 3 is 2.73 bits per heavy atom. The number of carbonyl (C=O) groups excluding carboxylic acids is 4. The molecule has 5 aliphatic rings. The molecule has 4 atom stereocenters. The molecule has 7 nitrogen and oxygen atoms in total. The van der Waals surface area contributed by atoms with E-state index in [-0.39, 0.29) is 41.5 Å². The van der Waals surface area contributed by atoms with Crippen molar-refractivity contribution in [2.75, 3.05) is 0 Å². The van der Waals surface area contributed by atoms with Crippen LogP contribution >= 0.6 is 0 Å². The smallest absolute Gasteiger partial charge is 0.231 e. The van der Waals surface area contributed by atoms with Crippen molar-refractivity contribution in [1.29, 1.82) is 0 Å². The molecule has 2 heterocycles. The van der Waals surface area contributed by atoms with Crippen LogP contribution in [0.3, 0.4) is 0 Å². The van der Waals surface area contributed by atoms with Gasteiger partial charge < -0.3 is 9.84 Å². The van der Waals surface area contributed by atoms with Gasteiger partial charge in [-0.3, -0.25) is 24.5 Å². The number of hydrogen-bond acceptors (Lipinski definition) is 6. The zero-order chi connectivity index (χ0) is 23.0. The number of benzene rings is 1. The zero-order valence-corrected chi connectivity index (χ0v) is 17.9. The lowest BCUT2D eigenvalue weighted by atomic mass is 9.58. The molecule has 0 spiro atoms. The van der Waals surface area contributed by atoms with Crippen LogP contribution < -0.4 is 10.1 Å². The summed E-state index contributed by atoms with van der Waals surface area (Å²) in [7, 11) is 0. The van der Waals surface area contributed by atoms with Crippen LogP contribution in [0.4, 0.5) is 0 Å². The first-order valence-electron chi connectivity index (χ1n) is 11.1. The van der Waals surface area contributed by atoms with Gasteiger partial charge in [0.25, 0.3) is 0 Å². The van der Waals surface area contributed by atoms with Crippen molar-refractivity contribution in [3.05, 3.63) is 70.0 Å². The Hall–Kier alpha value is -3.74. The van der Waals surface area contributed by atoms with E-state index in [0.29, 0.717) is 35.3 Å². The minimum absolute atomic E-state index is 0.114. The second-order valence-corrected chi connectivity index (χ2v) is 9.36. The maximum absolute atomic E-state index is 13.3. The number of ether oxygens (including phenoxy) is 1. The molecular formula is C26H21NO6. The number of phenols is 1. The van der Waals surface area contributed by atoms with E-state index >= 15 is 0 Å². The van der Waals surface area contributed by atoms with Crippen molar-refractivity contribution >= 4 is 23.4 Å². The Morgan fingerprint density at radius 1 is 1.09 bits per heavy atom. The summed E-state index contributed by atoms with van der Waals surface area (Å²) in [5.74, 6) is -2.09. The number of hydrogen-bond donors (Lipinski definition) is 2. The van der Waals surface area contributed by atoms with Crippen LogP contribution in [0.15, 0.2) is 64.5 Å². The SMILES string of the molecule is CC1=CC(=O)C2=C(C1=O)C(C1=COc3ccc(O)cc3C1)C1=CCC3C(=O)NC(=O)C3C1C2. The second-order valence-electron chi connectivity index (χ2n) is 9.36. The molecular weight excluding hydrogens is 422 g/mol. The molecule has 2 N–H and O–H groups in total. The van der Waals surface area contributed by atoms with Gasteiger partial charge in [-0.1, -0.05) is 11.6 Å². The molecule has 1 aromatic rings. The molecule has 7 heteroatoms. The Labute approximate surface area is 189 Å². The molecule has 1 fully saturated rings. The molecule has 0 saturated carbocycles. The fraction of sp³-hybridized carbons (Fsp3) is 0.308. The van der Waals surface area contributed by atoms with E-state index in [1.165, 1.54) is 6.08 Å². The number of imide groups is 1. The predicted molar refractivity (Wildman–Crippen MR) is 116 cm³/mol. The highest BCUT2D eigenvalue weighted by molar-refractivity contribution is 6.23. The molecule has 2 amide bonds. The molecule has 2 aliphatic heterocycles. The van der Waals surface area contributed by atoms with Crippen molar-refractivity contribution in [2.24, 2.45) is 23.7 Å². The van der Waals surface area contributed by atoms with Gasteiger partial charge in [-0.2, -0.15) is 0 Å². The number of nitrogens with one attached hydrogen (secondary N) is 1. The standard InChI is InChI=1S/C26H21NO6/c1-11-6-19(29)18-9-17-15(3-4-16-22(17)26(32)27-25(16)31)21(23(18)24(11)30)13-7-12-8-14(28)2-5-20(12)33-10-13/h2-3,5-6,8,10,16-17,21-22,28H,4,7,9H2,1H3,(H,27,31,32). The molecule has 0 aromatic heterocycles. The fourth-order valence-electron chi connectivity index (χ4n) is 6.08. The summed E-state index contributed by atoms with van der Waals surface area (Å²) in [6, 6.07) is 4.87. The van der Waals surface area contributed by atoms with E-state index in [1.54, 1.807) is 31.4 Å². The molecule has 3 aliphatic carbocycles. The van der Waals surface area contributed by atoms with Crippen LogP contribution in [0.5, 0.6) is 11.5 Å². The van der Waals surface area contributed by atoms with Gasteiger partial charge in [0.05, 0.1) is 18.1 Å². The Morgan fingerprint density at radius 2 is 1.91 bits per heavy atom. The molecule has 166 valence electrons. The van der Waals surface area contributed by atoms with Crippen molar-refractivity contribution in [1.82, 2.24) is 5.32 Å². The maximum Gasteiger partial charge on any atom is 0.231 e. The van der Waals surface area contributed by atoms with E-state index in [1.807, 2.05) is 6.08 Å². The van der Waals surface area contributed by atoms with E-state index in [0.717, 1.165) is 16.7 Å². The third kappa shape index (κ3) is 2.81. The first-order chi connectivity index (χ1) is 15.8. The molecule has 1 aromatic carbocycles. The Bertz CT molecular complexity index is 1310. The summed E-state index contributed by atoms with van der Waals surface area (Å²) >= 11 is 0. The Balaban J connectivity index is 1.50. The quantitative estimate of drug-likeness (QED) is 0.392. The monoisotopic (exact) mass is 443 g/mol.